The first-order chi connectivity index (χ1) is 12.2. The molecule has 0 radical (unpaired) electrons. The van der Waals surface area contributed by atoms with Crippen LogP contribution in [0.15, 0.2) is 60.8 Å². The minimum absolute atomic E-state index is 0.221. The average molecular weight is 351 g/mol. The predicted molar refractivity (Wildman–Crippen MR) is 93.1 cm³/mol. The van der Waals surface area contributed by atoms with Gasteiger partial charge in [-0.2, -0.15) is 5.26 Å². The second-order valence-electron chi connectivity index (χ2n) is 4.92. The molecule has 0 aliphatic heterocycles. The van der Waals surface area contributed by atoms with Crippen LogP contribution in [0.25, 0.3) is 11.3 Å². The fraction of sp³-hybridized carbons (Fsp3) is 0. The molecular weight excluding hydrogens is 340 g/mol. The van der Waals surface area contributed by atoms with Gasteiger partial charge >= 0.3 is 5.97 Å². The molecule has 0 unspecified atom stereocenters. The number of nitrogens with one attached hydrogen (secondary N) is 1. The van der Waals surface area contributed by atoms with Crippen LogP contribution in [0.1, 0.15) is 10.4 Å². The van der Waals surface area contributed by atoms with E-state index >= 15 is 0 Å². The van der Waals surface area contributed by atoms with Crippen molar-refractivity contribution in [2.75, 3.05) is 5.32 Å². The van der Waals surface area contributed by atoms with Crippen molar-refractivity contribution in [3.8, 4) is 23.2 Å². The summed E-state index contributed by atoms with van der Waals surface area (Å²) in [6, 6.07) is 15.0. The number of aromatic nitrogens is 2. The molecule has 0 spiro atoms. The molecule has 122 valence electrons. The second kappa shape index (κ2) is 7.43. The quantitative estimate of drug-likeness (QED) is 0.332. The Kier molecular flexibility index (Phi) is 4.88. The number of esters is 1. The van der Waals surface area contributed by atoms with Crippen molar-refractivity contribution in [3.05, 3.63) is 71.4 Å². The monoisotopic (exact) mass is 350 g/mol. The van der Waals surface area contributed by atoms with Crippen LogP contribution in [0.4, 0.5) is 5.95 Å². The largest absolute Gasteiger partial charge is 0.423 e. The number of ether oxygens (including phenoxy) is 1. The summed E-state index contributed by atoms with van der Waals surface area (Å²) in [5, 5.41) is 11.5. The number of benzene rings is 2. The lowest BCUT2D eigenvalue weighted by Gasteiger charge is -2.06. The van der Waals surface area contributed by atoms with Crippen LogP contribution in [0.2, 0.25) is 5.02 Å². The van der Waals surface area contributed by atoms with Crippen LogP contribution in [-0.2, 0) is 0 Å². The normalized spacial score (nSPS) is 9.92. The molecule has 2 aromatic carbocycles. The lowest BCUT2D eigenvalue weighted by molar-refractivity contribution is 0.0735. The summed E-state index contributed by atoms with van der Waals surface area (Å²) < 4.78 is 5.32. The molecule has 0 bridgehead atoms. The highest BCUT2D eigenvalue weighted by Gasteiger charge is 2.09. The Balaban J connectivity index is 1.74. The van der Waals surface area contributed by atoms with Gasteiger partial charge in [-0.25, -0.2) is 14.8 Å². The van der Waals surface area contributed by atoms with Gasteiger partial charge in [-0.1, -0.05) is 11.6 Å². The van der Waals surface area contributed by atoms with Crippen LogP contribution in [-0.4, -0.2) is 15.9 Å². The van der Waals surface area contributed by atoms with Gasteiger partial charge in [0.2, 0.25) is 5.95 Å². The Morgan fingerprint density at radius 3 is 2.48 bits per heavy atom. The number of halogens is 1. The van der Waals surface area contributed by atoms with Gasteiger partial charge in [0.25, 0.3) is 0 Å². The van der Waals surface area contributed by atoms with E-state index in [0.717, 1.165) is 5.56 Å². The average Bonchev–Trinajstić information content (AvgIpc) is 2.63. The molecule has 0 saturated carbocycles. The lowest BCUT2D eigenvalue weighted by atomic mass is 10.1. The molecule has 0 saturated heterocycles. The number of carbonyl (C=O) groups is 1. The fourth-order valence-corrected chi connectivity index (χ4v) is 2.20. The Morgan fingerprint density at radius 1 is 1.08 bits per heavy atom. The van der Waals surface area contributed by atoms with Gasteiger partial charge in [-0.15, -0.1) is 0 Å². The molecule has 1 aromatic heterocycles. The van der Waals surface area contributed by atoms with Gasteiger partial charge in [0, 0.05) is 16.8 Å². The number of anilines is 1. The molecule has 1 N–H and O–H groups in total. The molecule has 0 fully saturated rings. The van der Waals surface area contributed by atoms with E-state index in [4.69, 9.17) is 21.6 Å². The maximum Gasteiger partial charge on any atom is 0.343 e. The second-order valence-corrected chi connectivity index (χ2v) is 5.36. The summed E-state index contributed by atoms with van der Waals surface area (Å²) in [4.78, 5) is 20.2. The molecule has 0 aliphatic rings. The molecule has 6 nitrogen and oxygen atoms in total. The first-order valence-electron chi connectivity index (χ1n) is 7.22. The summed E-state index contributed by atoms with van der Waals surface area (Å²) in [6.45, 7) is 0. The minimum atomic E-state index is -0.466. The van der Waals surface area contributed by atoms with Crippen LogP contribution < -0.4 is 10.1 Å². The lowest BCUT2D eigenvalue weighted by Crippen LogP contribution is -2.08. The van der Waals surface area contributed by atoms with Crippen LogP contribution in [0.3, 0.4) is 0 Å². The predicted octanol–water partition coefficient (Wildman–Crippen LogP) is 3.91. The van der Waals surface area contributed by atoms with Crippen LogP contribution in [0, 0.1) is 11.5 Å². The number of nitriles is 1. The van der Waals surface area contributed by atoms with Gasteiger partial charge in [0.15, 0.2) is 6.19 Å². The van der Waals surface area contributed by atoms with E-state index in [-0.39, 0.29) is 5.95 Å². The van der Waals surface area contributed by atoms with Gasteiger partial charge in [0.1, 0.15) is 5.75 Å². The van der Waals surface area contributed by atoms with Crippen molar-refractivity contribution >= 4 is 23.5 Å². The Bertz CT molecular complexity index is 935. The molecule has 0 aliphatic carbocycles. The topological polar surface area (TPSA) is 87.9 Å². The maximum absolute atomic E-state index is 12.1. The van der Waals surface area contributed by atoms with E-state index in [1.54, 1.807) is 67.0 Å². The summed E-state index contributed by atoms with van der Waals surface area (Å²) in [6.07, 6.45) is 3.32. The summed E-state index contributed by atoms with van der Waals surface area (Å²) >= 11 is 5.80. The number of hydrogen-bond acceptors (Lipinski definition) is 6. The fourth-order valence-electron chi connectivity index (χ4n) is 2.08. The Hall–Kier alpha value is -3.43. The van der Waals surface area contributed by atoms with Crippen molar-refractivity contribution < 1.29 is 9.53 Å². The molecule has 7 heteroatoms. The van der Waals surface area contributed by atoms with Crippen LogP contribution in [0.5, 0.6) is 5.75 Å². The van der Waals surface area contributed by atoms with E-state index in [9.17, 15) is 4.79 Å². The molecule has 1 heterocycles. The number of hydrogen-bond donors (Lipinski definition) is 1. The SMILES string of the molecule is N#CNc1nccc(-c2ccc(OC(=O)c3ccc(Cl)cc3)cc2)n1. The van der Waals surface area contributed by atoms with Crippen molar-refractivity contribution in [2.45, 2.75) is 0 Å². The highest BCUT2D eigenvalue weighted by atomic mass is 35.5. The Labute approximate surface area is 148 Å². The minimum Gasteiger partial charge on any atom is -0.423 e. The zero-order valence-corrected chi connectivity index (χ0v) is 13.6. The number of rotatable bonds is 4. The molecular formula is C18H11ClN4O2. The smallest absolute Gasteiger partial charge is 0.343 e. The van der Waals surface area contributed by atoms with Crippen LogP contribution >= 0.6 is 11.6 Å². The van der Waals surface area contributed by atoms with E-state index in [1.807, 2.05) is 0 Å². The van der Waals surface area contributed by atoms with Crippen molar-refractivity contribution in [3.63, 3.8) is 0 Å². The highest BCUT2D eigenvalue weighted by Crippen LogP contribution is 2.22. The van der Waals surface area contributed by atoms with Gasteiger partial charge < -0.3 is 4.74 Å². The standard InChI is InChI=1S/C18H11ClN4O2/c19-14-5-1-13(2-6-14)17(24)25-15-7-3-12(4-8-15)16-9-10-21-18(23-16)22-11-20/h1-10H,(H,21,22,23). The maximum atomic E-state index is 12.1. The third kappa shape index (κ3) is 4.10. The summed E-state index contributed by atoms with van der Waals surface area (Å²) in [5.74, 6) is 0.165. The number of nitrogens with zero attached hydrogens (tertiary/aromatic N) is 3. The zero-order valence-electron chi connectivity index (χ0n) is 12.8. The van der Waals surface area contributed by atoms with Gasteiger partial charge in [-0.3, -0.25) is 5.32 Å². The third-order valence-electron chi connectivity index (χ3n) is 3.26. The molecule has 0 amide bonds. The zero-order chi connectivity index (χ0) is 17.6. The van der Waals surface area contributed by atoms with Crippen molar-refractivity contribution in [1.82, 2.24) is 9.97 Å². The number of carbonyl (C=O) groups excluding carboxylic acids is 1. The molecule has 25 heavy (non-hydrogen) atoms. The van der Waals surface area contributed by atoms with E-state index < -0.39 is 5.97 Å². The van der Waals surface area contributed by atoms with Crippen molar-refractivity contribution in [2.24, 2.45) is 0 Å². The van der Waals surface area contributed by atoms with E-state index in [2.05, 4.69) is 15.3 Å². The van der Waals surface area contributed by atoms with E-state index in [0.29, 0.717) is 22.0 Å². The first kappa shape index (κ1) is 16.4. The summed E-state index contributed by atoms with van der Waals surface area (Å²) in [7, 11) is 0. The van der Waals surface area contributed by atoms with Crippen molar-refractivity contribution in [1.29, 1.82) is 5.26 Å². The van der Waals surface area contributed by atoms with Gasteiger partial charge in [-0.05, 0) is 54.6 Å². The third-order valence-corrected chi connectivity index (χ3v) is 3.52. The first-order valence-corrected chi connectivity index (χ1v) is 7.60. The highest BCUT2D eigenvalue weighted by molar-refractivity contribution is 6.30. The molecule has 0 atom stereocenters. The van der Waals surface area contributed by atoms with E-state index in [1.165, 1.54) is 0 Å². The Morgan fingerprint density at radius 2 is 1.80 bits per heavy atom. The van der Waals surface area contributed by atoms with Gasteiger partial charge in [0.05, 0.1) is 11.3 Å². The summed E-state index contributed by atoms with van der Waals surface area (Å²) in [5.41, 5.74) is 1.86. The molecule has 3 aromatic rings. The molecule has 3 rings (SSSR count).